The third kappa shape index (κ3) is 4.72. The van der Waals surface area contributed by atoms with Gasteiger partial charge in [-0.25, -0.2) is 0 Å². The van der Waals surface area contributed by atoms with Crippen LogP contribution in [0.1, 0.15) is 44.2 Å². The van der Waals surface area contributed by atoms with E-state index in [2.05, 4.69) is 0 Å². The highest BCUT2D eigenvalue weighted by atomic mass is 19.4. The molecule has 2 N–H and O–H groups in total. The van der Waals surface area contributed by atoms with E-state index in [9.17, 15) is 18.0 Å². The number of carbonyl (C=O) groups excluding carboxylic acids is 1. The number of rotatable bonds is 4. The predicted molar refractivity (Wildman–Crippen MR) is 87.3 cm³/mol. The van der Waals surface area contributed by atoms with Crippen molar-refractivity contribution in [1.29, 1.82) is 0 Å². The molecule has 1 unspecified atom stereocenters. The Bertz CT molecular complexity index is 578. The molecule has 1 aliphatic heterocycles. The van der Waals surface area contributed by atoms with E-state index in [4.69, 9.17) is 5.73 Å². The van der Waals surface area contributed by atoms with Crippen molar-refractivity contribution in [2.24, 2.45) is 11.7 Å². The Labute approximate surface area is 141 Å². The second-order valence-electron chi connectivity index (χ2n) is 7.17. The van der Waals surface area contributed by atoms with Crippen LogP contribution < -0.4 is 5.73 Å². The number of halogens is 3. The molecule has 0 spiro atoms. The maximum absolute atomic E-state index is 13.0. The van der Waals surface area contributed by atoms with Crippen molar-refractivity contribution in [1.82, 2.24) is 4.90 Å². The van der Waals surface area contributed by atoms with Crippen LogP contribution in [-0.4, -0.2) is 29.4 Å². The number of aryl methyl sites for hydroxylation is 1. The van der Waals surface area contributed by atoms with Crippen LogP contribution in [0.3, 0.4) is 0 Å². The number of likely N-dealkylation sites (tertiary alicyclic amines) is 1. The summed E-state index contributed by atoms with van der Waals surface area (Å²) >= 11 is 0. The average Bonchev–Trinajstić information content (AvgIpc) is 2.51. The Morgan fingerprint density at radius 1 is 1.29 bits per heavy atom. The van der Waals surface area contributed by atoms with Gasteiger partial charge in [0.2, 0.25) is 5.91 Å². The molecule has 0 aromatic heterocycles. The lowest BCUT2D eigenvalue weighted by Gasteiger charge is -2.36. The quantitative estimate of drug-likeness (QED) is 0.908. The summed E-state index contributed by atoms with van der Waals surface area (Å²) in [5.41, 5.74) is 4.73. The van der Waals surface area contributed by atoms with Crippen LogP contribution in [0.15, 0.2) is 24.3 Å². The minimum Gasteiger partial charge on any atom is -0.341 e. The van der Waals surface area contributed by atoms with Crippen molar-refractivity contribution >= 4 is 5.91 Å². The summed E-state index contributed by atoms with van der Waals surface area (Å²) in [5, 5.41) is 0. The molecule has 0 saturated carbocycles. The second-order valence-corrected chi connectivity index (χ2v) is 7.17. The van der Waals surface area contributed by atoms with Gasteiger partial charge >= 0.3 is 6.18 Å². The molecule has 1 aliphatic rings. The molecule has 1 amide bonds. The first-order chi connectivity index (χ1) is 11.1. The Morgan fingerprint density at radius 2 is 1.96 bits per heavy atom. The fourth-order valence-corrected chi connectivity index (χ4v) is 3.27. The van der Waals surface area contributed by atoms with E-state index in [1.54, 1.807) is 24.8 Å². The molecular weight excluding hydrogens is 317 g/mol. The zero-order chi connectivity index (χ0) is 18.0. The number of alkyl halides is 3. The van der Waals surface area contributed by atoms with Gasteiger partial charge in [0.15, 0.2) is 0 Å². The van der Waals surface area contributed by atoms with Crippen LogP contribution >= 0.6 is 0 Å². The molecule has 0 radical (unpaired) electrons. The van der Waals surface area contributed by atoms with Crippen LogP contribution in [0.4, 0.5) is 13.2 Å². The summed E-state index contributed by atoms with van der Waals surface area (Å²) in [7, 11) is 0. The number of piperidine rings is 1. The van der Waals surface area contributed by atoms with E-state index in [0.717, 1.165) is 18.9 Å². The van der Waals surface area contributed by atoms with E-state index in [-0.39, 0.29) is 11.8 Å². The number of hydrogen-bond donors (Lipinski definition) is 1. The van der Waals surface area contributed by atoms with Crippen LogP contribution in [0, 0.1) is 5.92 Å². The number of hydrogen-bond acceptors (Lipinski definition) is 2. The van der Waals surface area contributed by atoms with Gasteiger partial charge in [-0.05, 0) is 57.1 Å². The molecule has 3 nitrogen and oxygen atoms in total. The number of carbonyl (C=O) groups is 1. The summed E-state index contributed by atoms with van der Waals surface area (Å²) in [6, 6.07) is 5.72. The zero-order valence-corrected chi connectivity index (χ0v) is 14.2. The van der Waals surface area contributed by atoms with Crippen molar-refractivity contribution in [3.05, 3.63) is 35.4 Å². The van der Waals surface area contributed by atoms with Crippen LogP contribution in [0.5, 0.6) is 0 Å². The van der Waals surface area contributed by atoms with Gasteiger partial charge in [-0.3, -0.25) is 4.79 Å². The maximum atomic E-state index is 13.0. The van der Waals surface area contributed by atoms with E-state index >= 15 is 0 Å². The van der Waals surface area contributed by atoms with Crippen LogP contribution in [0.2, 0.25) is 0 Å². The molecule has 1 fully saturated rings. The SMILES string of the molecule is CC(C)(N)C(=O)N1CCCC(CCc2ccccc2C(F)(F)F)C1. The third-order valence-electron chi connectivity index (χ3n) is 4.50. The normalized spacial score (nSPS) is 19.4. The summed E-state index contributed by atoms with van der Waals surface area (Å²) in [4.78, 5) is 14.0. The molecule has 134 valence electrons. The summed E-state index contributed by atoms with van der Waals surface area (Å²) in [6.07, 6.45) is -1.51. The minimum absolute atomic E-state index is 0.0945. The smallest absolute Gasteiger partial charge is 0.341 e. The molecule has 2 rings (SSSR count). The van der Waals surface area contributed by atoms with E-state index < -0.39 is 17.3 Å². The first-order valence-corrected chi connectivity index (χ1v) is 8.32. The van der Waals surface area contributed by atoms with E-state index in [0.29, 0.717) is 31.5 Å². The first-order valence-electron chi connectivity index (χ1n) is 8.32. The van der Waals surface area contributed by atoms with E-state index in [1.165, 1.54) is 12.1 Å². The monoisotopic (exact) mass is 342 g/mol. The Kier molecular flexibility index (Phi) is 5.58. The van der Waals surface area contributed by atoms with Crippen molar-refractivity contribution in [2.45, 2.75) is 51.2 Å². The summed E-state index contributed by atoms with van der Waals surface area (Å²) in [6.45, 7) is 4.61. The van der Waals surface area contributed by atoms with Crippen molar-refractivity contribution in [2.75, 3.05) is 13.1 Å². The van der Waals surface area contributed by atoms with E-state index in [1.807, 2.05) is 0 Å². The highest BCUT2D eigenvalue weighted by molar-refractivity contribution is 5.85. The molecule has 0 bridgehead atoms. The molecule has 1 saturated heterocycles. The fraction of sp³-hybridized carbons (Fsp3) is 0.611. The molecule has 1 atom stereocenters. The van der Waals surface area contributed by atoms with Gasteiger partial charge in [0.25, 0.3) is 0 Å². The molecule has 1 heterocycles. The number of nitrogens with zero attached hydrogens (tertiary/aromatic N) is 1. The molecule has 0 aliphatic carbocycles. The largest absolute Gasteiger partial charge is 0.416 e. The summed E-state index contributed by atoms with van der Waals surface area (Å²) < 4.78 is 39.1. The van der Waals surface area contributed by atoms with Gasteiger partial charge in [0.05, 0.1) is 11.1 Å². The maximum Gasteiger partial charge on any atom is 0.416 e. The minimum atomic E-state index is -4.32. The van der Waals surface area contributed by atoms with Gasteiger partial charge in [0, 0.05) is 13.1 Å². The number of benzene rings is 1. The van der Waals surface area contributed by atoms with Gasteiger partial charge < -0.3 is 10.6 Å². The topological polar surface area (TPSA) is 46.3 Å². The number of nitrogens with two attached hydrogens (primary N) is 1. The van der Waals surface area contributed by atoms with Gasteiger partial charge in [-0.15, -0.1) is 0 Å². The second kappa shape index (κ2) is 7.13. The highest BCUT2D eigenvalue weighted by Gasteiger charge is 2.34. The molecule has 6 heteroatoms. The lowest BCUT2D eigenvalue weighted by atomic mass is 9.89. The highest BCUT2D eigenvalue weighted by Crippen LogP contribution is 2.33. The average molecular weight is 342 g/mol. The van der Waals surface area contributed by atoms with Gasteiger partial charge in [-0.2, -0.15) is 13.2 Å². The molecule has 1 aromatic carbocycles. The lowest BCUT2D eigenvalue weighted by molar-refractivity contribution is -0.138. The van der Waals surface area contributed by atoms with Gasteiger partial charge in [-0.1, -0.05) is 18.2 Å². The third-order valence-corrected chi connectivity index (χ3v) is 4.50. The van der Waals surface area contributed by atoms with Crippen molar-refractivity contribution in [3.63, 3.8) is 0 Å². The van der Waals surface area contributed by atoms with Crippen molar-refractivity contribution in [3.8, 4) is 0 Å². The molecule has 24 heavy (non-hydrogen) atoms. The lowest BCUT2D eigenvalue weighted by Crippen LogP contribution is -2.53. The van der Waals surface area contributed by atoms with Crippen molar-refractivity contribution < 1.29 is 18.0 Å². The van der Waals surface area contributed by atoms with Gasteiger partial charge in [0.1, 0.15) is 0 Å². The Hall–Kier alpha value is -1.56. The number of amides is 1. The first kappa shape index (κ1) is 18.8. The molecule has 1 aromatic rings. The van der Waals surface area contributed by atoms with Crippen LogP contribution in [0.25, 0.3) is 0 Å². The standard InChI is InChI=1S/C18H25F3N2O/c1-17(2,22)16(24)23-11-5-6-13(12-23)9-10-14-7-3-4-8-15(14)18(19,20)21/h3-4,7-8,13H,5-6,9-12,22H2,1-2H3. The predicted octanol–water partition coefficient (Wildman–Crippen LogP) is 3.61. The van der Waals surface area contributed by atoms with Crippen LogP contribution in [-0.2, 0) is 17.4 Å². The Morgan fingerprint density at radius 3 is 2.58 bits per heavy atom. The fourth-order valence-electron chi connectivity index (χ4n) is 3.27. The Balaban J connectivity index is 1.99. The summed E-state index contributed by atoms with van der Waals surface area (Å²) in [5.74, 6) is 0.120. The zero-order valence-electron chi connectivity index (χ0n) is 14.2. The molecular formula is C18H25F3N2O.